The fraction of sp³-hybridized carbons (Fsp3) is 0.692. The first-order valence-electron chi connectivity index (χ1n) is 12.5. The molecule has 0 unspecified atom stereocenters. The number of ether oxygens (including phenoxy) is 4. The Morgan fingerprint density at radius 3 is 2.41 bits per heavy atom. The largest absolute Gasteiger partial charge is 0.466 e. The number of hydrogen-bond donors (Lipinski definition) is 5. The summed E-state index contributed by atoms with van der Waals surface area (Å²) < 4.78 is 22.9. The van der Waals surface area contributed by atoms with E-state index < -0.39 is 73.5 Å². The molecule has 37 heavy (non-hydrogen) atoms. The molecule has 0 aromatic carbocycles. The maximum absolute atomic E-state index is 12.6. The number of esters is 2. The van der Waals surface area contributed by atoms with Gasteiger partial charge in [-0.05, 0) is 24.3 Å². The number of carbonyl (C=O) groups is 2. The van der Waals surface area contributed by atoms with Crippen LogP contribution in [0.3, 0.4) is 0 Å². The molecule has 2 saturated heterocycles. The first-order chi connectivity index (χ1) is 17.4. The SMILES string of the molecule is C=C1C(=O)O[C@@H]2[C@H]3C(C)=C(O[C@@H]4O[C@H](CO)[C@@H](O)[C@H](O)[C@H]4O)C[C@H]3C(=C)C[C@@H](OC(=O)[C@H](O)C(C)C)[C@@H]12. The third kappa shape index (κ3) is 4.84. The van der Waals surface area contributed by atoms with E-state index in [1.54, 1.807) is 20.8 Å². The van der Waals surface area contributed by atoms with Gasteiger partial charge >= 0.3 is 11.9 Å². The molecule has 2 aliphatic carbocycles. The van der Waals surface area contributed by atoms with Crippen LogP contribution in [-0.4, -0.2) is 93.1 Å². The topological polar surface area (TPSA) is 172 Å². The van der Waals surface area contributed by atoms with Crippen LogP contribution in [0, 0.1) is 23.7 Å². The highest BCUT2D eigenvalue weighted by Gasteiger charge is 2.56. The molecule has 2 aliphatic heterocycles. The molecular weight excluding hydrogens is 488 g/mol. The Bertz CT molecular complexity index is 985. The lowest BCUT2D eigenvalue weighted by Crippen LogP contribution is -2.59. The predicted molar refractivity (Wildman–Crippen MR) is 126 cm³/mol. The number of carbonyl (C=O) groups excluding carboxylic acids is 2. The Hall–Kier alpha value is -2.28. The summed E-state index contributed by atoms with van der Waals surface area (Å²) in [6.45, 7) is 12.7. The lowest BCUT2D eigenvalue weighted by Gasteiger charge is -2.40. The quantitative estimate of drug-likeness (QED) is 0.175. The van der Waals surface area contributed by atoms with Crippen molar-refractivity contribution in [3.8, 4) is 0 Å². The zero-order valence-corrected chi connectivity index (χ0v) is 21.1. The predicted octanol–water partition coefficient (Wildman–Crippen LogP) is -0.301. The molecule has 0 aromatic heterocycles. The van der Waals surface area contributed by atoms with Crippen LogP contribution < -0.4 is 0 Å². The average molecular weight is 525 g/mol. The van der Waals surface area contributed by atoms with E-state index in [0.29, 0.717) is 17.8 Å². The summed E-state index contributed by atoms with van der Waals surface area (Å²) in [5.41, 5.74) is 1.60. The number of fused-ring (bicyclic) bond motifs is 3. The van der Waals surface area contributed by atoms with Crippen molar-refractivity contribution in [3.63, 3.8) is 0 Å². The first-order valence-corrected chi connectivity index (χ1v) is 12.5. The summed E-state index contributed by atoms with van der Waals surface area (Å²) >= 11 is 0. The Kier molecular flexibility index (Phi) is 7.85. The van der Waals surface area contributed by atoms with Crippen LogP contribution in [0.2, 0.25) is 0 Å². The summed E-state index contributed by atoms with van der Waals surface area (Å²) in [5, 5.41) is 50.2. The molecule has 11 nitrogen and oxygen atoms in total. The van der Waals surface area contributed by atoms with E-state index in [0.717, 1.165) is 5.57 Å². The van der Waals surface area contributed by atoms with E-state index >= 15 is 0 Å². The number of aliphatic hydroxyl groups is 5. The van der Waals surface area contributed by atoms with Crippen molar-refractivity contribution < 1.29 is 54.1 Å². The zero-order valence-electron chi connectivity index (χ0n) is 21.1. The van der Waals surface area contributed by atoms with Crippen molar-refractivity contribution in [2.24, 2.45) is 23.7 Å². The molecule has 0 spiro atoms. The van der Waals surface area contributed by atoms with E-state index in [9.17, 15) is 35.1 Å². The molecule has 4 rings (SSSR count). The van der Waals surface area contributed by atoms with Crippen molar-refractivity contribution in [2.45, 2.75) is 82.6 Å². The van der Waals surface area contributed by atoms with Gasteiger partial charge in [-0.3, -0.25) is 0 Å². The van der Waals surface area contributed by atoms with Crippen LogP contribution in [0.4, 0.5) is 0 Å². The maximum atomic E-state index is 12.6. The molecule has 3 fully saturated rings. The third-order valence-electron chi connectivity index (χ3n) is 8.03. The molecule has 206 valence electrons. The molecular formula is C26H36O11. The molecule has 5 N–H and O–H groups in total. The molecule has 11 heteroatoms. The zero-order chi connectivity index (χ0) is 27.3. The van der Waals surface area contributed by atoms with Gasteiger partial charge in [0, 0.05) is 24.3 Å². The number of hydrogen-bond acceptors (Lipinski definition) is 11. The monoisotopic (exact) mass is 524 g/mol. The molecule has 0 aromatic rings. The average Bonchev–Trinajstić information content (AvgIpc) is 3.29. The molecule has 0 radical (unpaired) electrons. The molecule has 11 atom stereocenters. The van der Waals surface area contributed by atoms with Gasteiger partial charge in [-0.15, -0.1) is 0 Å². The Balaban J connectivity index is 1.61. The fourth-order valence-corrected chi connectivity index (χ4v) is 5.78. The van der Waals surface area contributed by atoms with E-state index in [1.807, 2.05) is 0 Å². The van der Waals surface area contributed by atoms with Crippen molar-refractivity contribution in [1.29, 1.82) is 0 Å². The van der Waals surface area contributed by atoms with Gasteiger partial charge in [0.15, 0.2) is 6.10 Å². The van der Waals surface area contributed by atoms with E-state index in [1.165, 1.54) is 0 Å². The van der Waals surface area contributed by atoms with Gasteiger partial charge < -0.3 is 44.5 Å². The molecule has 1 saturated carbocycles. The van der Waals surface area contributed by atoms with E-state index in [4.69, 9.17) is 18.9 Å². The van der Waals surface area contributed by atoms with Crippen LogP contribution in [0.25, 0.3) is 0 Å². The highest BCUT2D eigenvalue weighted by molar-refractivity contribution is 5.91. The van der Waals surface area contributed by atoms with Gasteiger partial charge in [-0.2, -0.15) is 0 Å². The number of allylic oxidation sites excluding steroid dienone is 1. The van der Waals surface area contributed by atoms with Crippen molar-refractivity contribution >= 4 is 11.9 Å². The number of aliphatic hydroxyl groups excluding tert-OH is 5. The minimum absolute atomic E-state index is 0.173. The van der Waals surface area contributed by atoms with Crippen LogP contribution in [0.15, 0.2) is 35.6 Å². The van der Waals surface area contributed by atoms with Crippen LogP contribution in [0.5, 0.6) is 0 Å². The van der Waals surface area contributed by atoms with Gasteiger partial charge in [0.1, 0.15) is 36.6 Å². The van der Waals surface area contributed by atoms with Gasteiger partial charge in [-0.1, -0.05) is 32.6 Å². The third-order valence-corrected chi connectivity index (χ3v) is 8.03. The highest BCUT2D eigenvalue weighted by atomic mass is 16.7. The second-order valence-corrected chi connectivity index (χ2v) is 10.7. The smallest absolute Gasteiger partial charge is 0.335 e. The van der Waals surface area contributed by atoms with Crippen molar-refractivity contribution in [3.05, 3.63) is 35.6 Å². The van der Waals surface area contributed by atoms with Crippen LogP contribution >= 0.6 is 0 Å². The van der Waals surface area contributed by atoms with E-state index in [-0.39, 0.29) is 29.7 Å². The standard InChI is InChI=1S/C26H36O11/c1-9(2)19(28)25(33)34-15-6-10(3)13-7-14(11(4)17(13)23-18(15)12(5)24(32)37-23)35-26-22(31)21(30)20(29)16(8-27)36-26/h9,13,15-23,26-31H,3,5-8H2,1-2,4H3/t13-,15+,16+,17-,18+,19+,20+,21-,22+,23+,26+/m0/s1. The van der Waals surface area contributed by atoms with Gasteiger partial charge in [0.2, 0.25) is 6.29 Å². The second kappa shape index (κ2) is 10.5. The molecule has 0 bridgehead atoms. The first kappa shape index (κ1) is 27.7. The number of rotatable bonds is 6. The summed E-state index contributed by atoms with van der Waals surface area (Å²) in [5.74, 6) is -2.60. The lowest BCUT2D eigenvalue weighted by atomic mass is 9.80. The maximum Gasteiger partial charge on any atom is 0.335 e. The van der Waals surface area contributed by atoms with Gasteiger partial charge in [0.05, 0.1) is 18.3 Å². The minimum atomic E-state index is -1.58. The van der Waals surface area contributed by atoms with Gasteiger partial charge in [-0.25, -0.2) is 9.59 Å². The minimum Gasteiger partial charge on any atom is -0.466 e. The fourth-order valence-electron chi connectivity index (χ4n) is 5.78. The normalized spacial score (nSPS) is 40.7. The Morgan fingerprint density at radius 1 is 1.11 bits per heavy atom. The van der Waals surface area contributed by atoms with Gasteiger partial charge in [0.25, 0.3) is 0 Å². The van der Waals surface area contributed by atoms with E-state index in [2.05, 4.69) is 13.2 Å². The lowest BCUT2D eigenvalue weighted by molar-refractivity contribution is -0.292. The molecule has 4 aliphatic rings. The summed E-state index contributed by atoms with van der Waals surface area (Å²) in [6, 6.07) is 0. The molecule has 0 amide bonds. The van der Waals surface area contributed by atoms with Crippen molar-refractivity contribution in [1.82, 2.24) is 0 Å². The van der Waals surface area contributed by atoms with Crippen LogP contribution in [-0.2, 0) is 28.5 Å². The Labute approximate surface area is 215 Å². The van der Waals surface area contributed by atoms with Crippen LogP contribution in [0.1, 0.15) is 33.6 Å². The summed E-state index contributed by atoms with van der Waals surface area (Å²) in [4.78, 5) is 25.2. The summed E-state index contributed by atoms with van der Waals surface area (Å²) in [7, 11) is 0. The second-order valence-electron chi connectivity index (χ2n) is 10.7. The summed E-state index contributed by atoms with van der Waals surface area (Å²) in [6.07, 6.45) is -9.45. The van der Waals surface area contributed by atoms with Crippen molar-refractivity contribution in [2.75, 3.05) is 6.61 Å². The molecule has 2 heterocycles. The Morgan fingerprint density at radius 2 is 1.78 bits per heavy atom. The highest BCUT2D eigenvalue weighted by Crippen LogP contribution is 2.53.